The van der Waals surface area contributed by atoms with Crippen molar-refractivity contribution in [2.24, 2.45) is 0 Å². The Morgan fingerprint density at radius 2 is 2.10 bits per heavy atom. The van der Waals surface area contributed by atoms with E-state index in [0.717, 1.165) is 56.4 Å². The molecule has 0 aromatic carbocycles. The number of imidazole rings is 1. The number of pyridine rings is 1. The molecule has 2 amide bonds. The van der Waals surface area contributed by atoms with Gasteiger partial charge in [-0.2, -0.15) is 0 Å². The van der Waals surface area contributed by atoms with Crippen molar-refractivity contribution in [1.29, 1.82) is 0 Å². The van der Waals surface area contributed by atoms with Crippen LogP contribution in [0.5, 0.6) is 0 Å². The highest BCUT2D eigenvalue weighted by molar-refractivity contribution is 5.94. The summed E-state index contributed by atoms with van der Waals surface area (Å²) in [4.78, 5) is 31.4. The van der Waals surface area contributed by atoms with Gasteiger partial charge in [0.25, 0.3) is 5.91 Å². The molecule has 1 saturated heterocycles. The number of carbonyl (C=O) groups is 2. The lowest BCUT2D eigenvalue weighted by Crippen LogP contribution is -2.44. The van der Waals surface area contributed by atoms with Crippen LogP contribution in [0, 0.1) is 6.92 Å². The number of fused-ring (bicyclic) bond motifs is 1. The van der Waals surface area contributed by atoms with Crippen LogP contribution in [0.15, 0.2) is 24.4 Å². The first-order chi connectivity index (χ1) is 14.1. The van der Waals surface area contributed by atoms with Crippen LogP contribution in [0.25, 0.3) is 5.65 Å². The van der Waals surface area contributed by atoms with Gasteiger partial charge in [0.15, 0.2) is 0 Å². The smallest absolute Gasteiger partial charge is 0.270 e. The Balaban J connectivity index is 1.38. The second-order valence-corrected chi connectivity index (χ2v) is 7.79. The zero-order valence-corrected chi connectivity index (χ0v) is 17.3. The Labute approximate surface area is 172 Å². The molecule has 1 aliphatic rings. The number of unbranched alkanes of at least 4 members (excludes halogenated alkanes) is 2. The molecule has 1 fully saturated rings. The van der Waals surface area contributed by atoms with E-state index in [1.165, 1.54) is 0 Å². The zero-order valence-electron chi connectivity index (χ0n) is 17.3. The van der Waals surface area contributed by atoms with E-state index in [1.54, 1.807) is 0 Å². The first-order valence-electron chi connectivity index (χ1n) is 10.7. The van der Waals surface area contributed by atoms with Crippen molar-refractivity contribution in [2.45, 2.75) is 64.3 Å². The molecular formula is C22H32N4O3. The van der Waals surface area contributed by atoms with Crippen molar-refractivity contribution in [1.82, 2.24) is 19.6 Å². The lowest BCUT2D eigenvalue weighted by atomic mass is 9.99. The summed E-state index contributed by atoms with van der Waals surface area (Å²) in [7, 11) is 0. The lowest BCUT2D eigenvalue weighted by Gasteiger charge is -2.35. The van der Waals surface area contributed by atoms with Gasteiger partial charge in [-0.05, 0) is 57.6 Å². The third-order valence-corrected chi connectivity index (χ3v) is 5.68. The minimum Gasteiger partial charge on any atom is -0.396 e. The SMILES string of the molecule is Cc1nc2ccccn2c1C(=O)NCCCCCC(=O)N1CCCCC1CCO. The van der Waals surface area contributed by atoms with Crippen LogP contribution in [-0.4, -0.2) is 56.9 Å². The Hall–Kier alpha value is -2.41. The fourth-order valence-corrected chi connectivity index (χ4v) is 4.17. The summed E-state index contributed by atoms with van der Waals surface area (Å²) in [5.41, 5.74) is 2.07. The molecule has 3 heterocycles. The molecule has 0 aliphatic carbocycles. The minimum atomic E-state index is -0.113. The molecule has 1 unspecified atom stereocenters. The van der Waals surface area contributed by atoms with Gasteiger partial charge in [-0.3, -0.25) is 14.0 Å². The van der Waals surface area contributed by atoms with Gasteiger partial charge in [0.2, 0.25) is 5.91 Å². The molecule has 1 atom stereocenters. The first-order valence-corrected chi connectivity index (χ1v) is 10.7. The summed E-state index contributed by atoms with van der Waals surface area (Å²) in [5, 5.41) is 12.2. The van der Waals surface area contributed by atoms with Crippen molar-refractivity contribution < 1.29 is 14.7 Å². The van der Waals surface area contributed by atoms with Gasteiger partial charge in [-0.1, -0.05) is 12.5 Å². The van der Waals surface area contributed by atoms with E-state index < -0.39 is 0 Å². The largest absolute Gasteiger partial charge is 0.396 e. The summed E-state index contributed by atoms with van der Waals surface area (Å²) < 4.78 is 1.81. The van der Waals surface area contributed by atoms with Crippen LogP contribution in [0.3, 0.4) is 0 Å². The van der Waals surface area contributed by atoms with Gasteiger partial charge in [0.1, 0.15) is 11.3 Å². The Morgan fingerprint density at radius 1 is 1.24 bits per heavy atom. The van der Waals surface area contributed by atoms with Gasteiger partial charge < -0.3 is 15.3 Å². The Kier molecular flexibility index (Phi) is 7.63. The molecule has 158 valence electrons. The second-order valence-electron chi connectivity index (χ2n) is 7.79. The molecule has 2 aromatic heterocycles. The number of nitrogens with one attached hydrogen (secondary N) is 1. The quantitative estimate of drug-likeness (QED) is 0.634. The zero-order chi connectivity index (χ0) is 20.6. The average Bonchev–Trinajstić information content (AvgIpc) is 3.06. The van der Waals surface area contributed by atoms with Crippen LogP contribution in [-0.2, 0) is 4.79 Å². The Morgan fingerprint density at radius 3 is 2.93 bits per heavy atom. The Bertz CT molecular complexity index is 831. The maximum absolute atomic E-state index is 12.5. The molecule has 0 radical (unpaired) electrons. The van der Waals surface area contributed by atoms with E-state index in [2.05, 4.69) is 10.3 Å². The number of piperidine rings is 1. The monoisotopic (exact) mass is 400 g/mol. The van der Waals surface area contributed by atoms with Crippen LogP contribution < -0.4 is 5.32 Å². The normalized spacial score (nSPS) is 16.9. The molecule has 2 aromatic rings. The fraction of sp³-hybridized carbons (Fsp3) is 0.591. The highest BCUT2D eigenvalue weighted by Crippen LogP contribution is 2.21. The third kappa shape index (κ3) is 5.35. The number of aliphatic hydroxyl groups excluding tert-OH is 1. The average molecular weight is 401 g/mol. The van der Waals surface area contributed by atoms with Gasteiger partial charge >= 0.3 is 0 Å². The molecule has 3 rings (SSSR count). The molecule has 2 N–H and O–H groups in total. The molecule has 7 nitrogen and oxygen atoms in total. The van der Waals surface area contributed by atoms with Crippen molar-refractivity contribution >= 4 is 17.5 Å². The molecule has 0 saturated carbocycles. The van der Waals surface area contributed by atoms with Gasteiger partial charge in [0.05, 0.1) is 5.69 Å². The number of hydrogen-bond acceptors (Lipinski definition) is 4. The number of hydrogen-bond donors (Lipinski definition) is 2. The number of aromatic nitrogens is 2. The van der Waals surface area contributed by atoms with Crippen LogP contribution in [0.2, 0.25) is 0 Å². The van der Waals surface area contributed by atoms with Gasteiger partial charge in [-0.25, -0.2) is 4.98 Å². The fourth-order valence-electron chi connectivity index (χ4n) is 4.17. The van der Waals surface area contributed by atoms with Crippen molar-refractivity contribution in [2.75, 3.05) is 19.7 Å². The maximum Gasteiger partial charge on any atom is 0.270 e. The highest BCUT2D eigenvalue weighted by atomic mass is 16.3. The van der Waals surface area contributed by atoms with E-state index in [9.17, 15) is 14.7 Å². The number of rotatable bonds is 9. The number of aliphatic hydroxyl groups is 1. The lowest BCUT2D eigenvalue weighted by molar-refractivity contribution is -0.135. The number of carbonyl (C=O) groups excluding carboxylic acids is 2. The highest BCUT2D eigenvalue weighted by Gasteiger charge is 2.25. The van der Waals surface area contributed by atoms with Crippen molar-refractivity contribution in [3.8, 4) is 0 Å². The molecule has 1 aliphatic heterocycles. The predicted molar refractivity (Wildman–Crippen MR) is 112 cm³/mol. The topological polar surface area (TPSA) is 86.9 Å². The van der Waals surface area contributed by atoms with Crippen molar-refractivity contribution in [3.63, 3.8) is 0 Å². The first kappa shape index (κ1) is 21.3. The van der Waals surface area contributed by atoms with Gasteiger partial charge in [0, 0.05) is 38.4 Å². The van der Waals surface area contributed by atoms with E-state index in [0.29, 0.717) is 25.1 Å². The standard InChI is InChI=1S/C22H32N4O3/c1-17-21(26-15-8-5-10-19(26)24-17)22(29)23-13-6-2-3-11-20(28)25-14-7-4-9-18(25)12-16-27/h5,8,10,15,18,27H,2-4,6-7,9,11-14,16H2,1H3,(H,23,29). The summed E-state index contributed by atoms with van der Waals surface area (Å²) >= 11 is 0. The molecule has 0 bridgehead atoms. The molecule has 29 heavy (non-hydrogen) atoms. The van der Waals surface area contributed by atoms with Crippen LogP contribution in [0.1, 0.15) is 67.5 Å². The van der Waals surface area contributed by atoms with Crippen LogP contribution in [0.4, 0.5) is 0 Å². The summed E-state index contributed by atoms with van der Waals surface area (Å²) in [6.07, 6.45) is 8.84. The molecule has 7 heteroatoms. The van der Waals surface area contributed by atoms with E-state index >= 15 is 0 Å². The predicted octanol–water partition coefficient (Wildman–Crippen LogP) is 2.70. The minimum absolute atomic E-state index is 0.113. The summed E-state index contributed by atoms with van der Waals surface area (Å²) in [5.74, 6) is 0.0889. The second kappa shape index (κ2) is 10.4. The maximum atomic E-state index is 12.5. The summed E-state index contributed by atoms with van der Waals surface area (Å²) in [6, 6.07) is 5.87. The van der Waals surface area contributed by atoms with E-state index in [4.69, 9.17) is 0 Å². The molecular weight excluding hydrogens is 368 g/mol. The summed E-state index contributed by atoms with van der Waals surface area (Å²) in [6.45, 7) is 3.39. The number of aryl methyl sites for hydroxylation is 1. The molecule has 0 spiro atoms. The third-order valence-electron chi connectivity index (χ3n) is 5.68. The number of likely N-dealkylation sites (tertiary alicyclic amines) is 1. The number of nitrogens with zero attached hydrogens (tertiary/aromatic N) is 3. The van der Waals surface area contributed by atoms with Gasteiger partial charge in [-0.15, -0.1) is 0 Å². The van der Waals surface area contributed by atoms with Crippen LogP contribution >= 0.6 is 0 Å². The number of amides is 2. The van der Waals surface area contributed by atoms with E-state index in [1.807, 2.05) is 40.6 Å². The van der Waals surface area contributed by atoms with Crippen molar-refractivity contribution in [3.05, 3.63) is 35.8 Å². The van der Waals surface area contributed by atoms with E-state index in [-0.39, 0.29) is 24.5 Å².